The highest BCUT2D eigenvalue weighted by Crippen LogP contribution is 2.34. The minimum atomic E-state index is 0.115. The number of ether oxygens (including phenoxy) is 1. The van der Waals surface area contributed by atoms with E-state index in [9.17, 15) is 0 Å². The molecule has 0 radical (unpaired) electrons. The Morgan fingerprint density at radius 1 is 1.42 bits per heavy atom. The molecule has 1 aliphatic rings. The van der Waals surface area contributed by atoms with E-state index in [-0.39, 0.29) is 5.54 Å². The molecule has 1 saturated heterocycles. The summed E-state index contributed by atoms with van der Waals surface area (Å²) < 4.78 is 5.49. The van der Waals surface area contributed by atoms with Gasteiger partial charge in [0.1, 0.15) is 0 Å². The van der Waals surface area contributed by atoms with Crippen LogP contribution in [-0.4, -0.2) is 43.3 Å². The van der Waals surface area contributed by atoms with Gasteiger partial charge in [-0.15, -0.1) is 11.3 Å². The number of hydrogen-bond acceptors (Lipinski definition) is 4. The van der Waals surface area contributed by atoms with Crippen molar-refractivity contribution in [3.8, 4) is 0 Å². The summed E-state index contributed by atoms with van der Waals surface area (Å²) in [5.41, 5.74) is 0.115. The van der Waals surface area contributed by atoms with Gasteiger partial charge in [0, 0.05) is 23.5 Å². The molecule has 3 nitrogen and oxygen atoms in total. The van der Waals surface area contributed by atoms with Gasteiger partial charge in [-0.05, 0) is 38.3 Å². The second-order valence-electron chi connectivity index (χ2n) is 5.66. The Hall–Kier alpha value is -0.420. The highest BCUT2D eigenvalue weighted by molar-refractivity contribution is 7.10. The van der Waals surface area contributed by atoms with Crippen LogP contribution in [0.5, 0.6) is 0 Å². The number of nitrogens with zero attached hydrogens (tertiary/aromatic N) is 1. The standard InChI is InChI=1S/C15H26N2OS/c1-4-7-16-14(13-6-5-12-19-13)15(2,3)17-8-10-18-11-9-17/h5-6,12,14,16H,4,7-11H2,1-3H3. The molecule has 1 atom stereocenters. The summed E-state index contributed by atoms with van der Waals surface area (Å²) in [7, 11) is 0. The molecule has 1 N–H and O–H groups in total. The Balaban J connectivity index is 2.15. The molecule has 2 rings (SSSR count). The Morgan fingerprint density at radius 2 is 2.16 bits per heavy atom. The molecule has 1 unspecified atom stereocenters. The summed E-state index contributed by atoms with van der Waals surface area (Å²) in [6, 6.07) is 4.79. The van der Waals surface area contributed by atoms with E-state index in [4.69, 9.17) is 4.74 Å². The molecule has 0 bridgehead atoms. The average Bonchev–Trinajstić information content (AvgIpc) is 2.94. The van der Waals surface area contributed by atoms with Gasteiger partial charge in [-0.25, -0.2) is 0 Å². The summed E-state index contributed by atoms with van der Waals surface area (Å²) in [4.78, 5) is 3.99. The lowest BCUT2D eigenvalue weighted by atomic mass is 9.90. The fourth-order valence-electron chi connectivity index (χ4n) is 2.76. The van der Waals surface area contributed by atoms with Crippen molar-refractivity contribution in [2.75, 3.05) is 32.8 Å². The van der Waals surface area contributed by atoms with E-state index in [1.54, 1.807) is 0 Å². The second kappa shape index (κ2) is 6.84. The van der Waals surface area contributed by atoms with Crippen molar-refractivity contribution in [1.29, 1.82) is 0 Å². The van der Waals surface area contributed by atoms with Gasteiger partial charge in [0.15, 0.2) is 0 Å². The van der Waals surface area contributed by atoms with Gasteiger partial charge < -0.3 is 10.1 Å². The van der Waals surface area contributed by atoms with Gasteiger partial charge in [0.25, 0.3) is 0 Å². The highest BCUT2D eigenvalue weighted by Gasteiger charge is 2.37. The summed E-state index contributed by atoms with van der Waals surface area (Å²) in [6.07, 6.45) is 1.17. The third-order valence-corrected chi connectivity index (χ3v) is 4.90. The van der Waals surface area contributed by atoms with E-state index in [2.05, 4.69) is 48.5 Å². The van der Waals surface area contributed by atoms with Crippen LogP contribution in [0.2, 0.25) is 0 Å². The van der Waals surface area contributed by atoms with Gasteiger partial charge in [-0.2, -0.15) is 0 Å². The third-order valence-electron chi connectivity index (χ3n) is 3.96. The summed E-state index contributed by atoms with van der Waals surface area (Å²) in [6.45, 7) is 11.8. The van der Waals surface area contributed by atoms with Crippen molar-refractivity contribution in [3.05, 3.63) is 22.4 Å². The second-order valence-corrected chi connectivity index (χ2v) is 6.63. The topological polar surface area (TPSA) is 24.5 Å². The molecule has 0 amide bonds. The maximum atomic E-state index is 5.49. The molecule has 0 aromatic carbocycles. The van der Waals surface area contributed by atoms with Crippen LogP contribution >= 0.6 is 11.3 Å². The third kappa shape index (κ3) is 3.57. The molecular weight excluding hydrogens is 256 g/mol. The van der Waals surface area contributed by atoms with Crippen LogP contribution in [0.4, 0.5) is 0 Å². The van der Waals surface area contributed by atoms with Crippen molar-refractivity contribution in [3.63, 3.8) is 0 Å². The van der Waals surface area contributed by atoms with E-state index in [1.165, 1.54) is 11.3 Å². The van der Waals surface area contributed by atoms with Crippen molar-refractivity contribution in [1.82, 2.24) is 10.2 Å². The zero-order valence-corrected chi connectivity index (χ0v) is 13.1. The number of nitrogens with one attached hydrogen (secondary N) is 1. The largest absolute Gasteiger partial charge is 0.379 e. The SMILES string of the molecule is CCCNC(c1cccs1)C(C)(C)N1CCOCC1. The molecular formula is C15H26N2OS. The van der Waals surface area contributed by atoms with E-state index in [1.807, 2.05) is 11.3 Å². The predicted molar refractivity (Wildman–Crippen MR) is 81.8 cm³/mol. The molecule has 0 aliphatic carbocycles. The van der Waals surface area contributed by atoms with Crippen LogP contribution in [-0.2, 0) is 4.74 Å². The summed E-state index contributed by atoms with van der Waals surface area (Å²) in [5, 5.41) is 5.91. The molecule has 0 spiro atoms. The first-order chi connectivity index (χ1) is 9.16. The van der Waals surface area contributed by atoms with E-state index in [0.29, 0.717) is 6.04 Å². The number of hydrogen-bond donors (Lipinski definition) is 1. The van der Waals surface area contributed by atoms with Crippen LogP contribution in [0.15, 0.2) is 17.5 Å². The number of morpholine rings is 1. The Labute approximate surface area is 121 Å². The van der Waals surface area contributed by atoms with Crippen molar-refractivity contribution in [2.45, 2.75) is 38.8 Å². The molecule has 4 heteroatoms. The maximum absolute atomic E-state index is 5.49. The molecule has 1 aromatic heterocycles. The van der Waals surface area contributed by atoms with Crippen molar-refractivity contribution in [2.24, 2.45) is 0 Å². The fourth-order valence-corrected chi connectivity index (χ4v) is 3.74. The molecule has 1 aromatic rings. The molecule has 1 aliphatic heterocycles. The van der Waals surface area contributed by atoms with Gasteiger partial charge in [0.2, 0.25) is 0 Å². The fraction of sp³-hybridized carbons (Fsp3) is 0.733. The van der Waals surface area contributed by atoms with Crippen LogP contribution < -0.4 is 5.32 Å². The normalized spacial score (nSPS) is 19.5. The molecule has 108 valence electrons. The molecule has 19 heavy (non-hydrogen) atoms. The Bertz CT molecular complexity index is 358. The zero-order chi connectivity index (χ0) is 13.7. The first kappa shape index (κ1) is 15.0. The van der Waals surface area contributed by atoms with Crippen LogP contribution in [0.3, 0.4) is 0 Å². The van der Waals surface area contributed by atoms with E-state index >= 15 is 0 Å². The highest BCUT2D eigenvalue weighted by atomic mass is 32.1. The minimum Gasteiger partial charge on any atom is -0.379 e. The van der Waals surface area contributed by atoms with Gasteiger partial charge in [-0.3, -0.25) is 4.90 Å². The monoisotopic (exact) mass is 282 g/mol. The van der Waals surface area contributed by atoms with Gasteiger partial charge >= 0.3 is 0 Å². The van der Waals surface area contributed by atoms with Crippen molar-refractivity contribution >= 4 is 11.3 Å². The smallest absolute Gasteiger partial charge is 0.0596 e. The summed E-state index contributed by atoms with van der Waals surface area (Å²) in [5.74, 6) is 0. The lowest BCUT2D eigenvalue weighted by molar-refractivity contribution is -0.0233. The molecule has 2 heterocycles. The van der Waals surface area contributed by atoms with Gasteiger partial charge in [-0.1, -0.05) is 13.0 Å². The maximum Gasteiger partial charge on any atom is 0.0596 e. The van der Waals surface area contributed by atoms with Crippen molar-refractivity contribution < 1.29 is 4.74 Å². The first-order valence-electron chi connectivity index (χ1n) is 7.26. The molecule has 0 saturated carbocycles. The number of thiophene rings is 1. The minimum absolute atomic E-state index is 0.115. The van der Waals surface area contributed by atoms with Crippen LogP contribution in [0.1, 0.15) is 38.1 Å². The quantitative estimate of drug-likeness (QED) is 0.868. The lowest BCUT2D eigenvalue weighted by Gasteiger charge is -2.45. The zero-order valence-electron chi connectivity index (χ0n) is 12.3. The molecule has 1 fully saturated rings. The summed E-state index contributed by atoms with van der Waals surface area (Å²) >= 11 is 1.85. The van der Waals surface area contributed by atoms with Gasteiger partial charge in [0.05, 0.1) is 19.3 Å². The van der Waals surface area contributed by atoms with Crippen LogP contribution in [0.25, 0.3) is 0 Å². The Kier molecular flexibility index (Phi) is 5.39. The van der Waals surface area contributed by atoms with Crippen LogP contribution in [0, 0.1) is 0 Å². The average molecular weight is 282 g/mol. The predicted octanol–water partition coefficient (Wildman–Crippen LogP) is 2.90. The first-order valence-corrected chi connectivity index (χ1v) is 8.13. The number of rotatable bonds is 6. The lowest BCUT2D eigenvalue weighted by Crippen LogP contribution is -2.56. The van der Waals surface area contributed by atoms with E-state index < -0.39 is 0 Å². The Morgan fingerprint density at radius 3 is 2.74 bits per heavy atom. The van der Waals surface area contributed by atoms with E-state index in [0.717, 1.165) is 32.8 Å².